The fraction of sp³-hybridized carbons (Fsp3) is 0.348. The van der Waals surface area contributed by atoms with E-state index in [2.05, 4.69) is 32.1 Å². The summed E-state index contributed by atoms with van der Waals surface area (Å²) in [6, 6.07) is 13.7. The highest BCUT2D eigenvalue weighted by atomic mass is 32.2. The molecule has 2 aromatic rings. The Morgan fingerprint density at radius 2 is 1.85 bits per heavy atom. The summed E-state index contributed by atoms with van der Waals surface area (Å²) >= 11 is 0. The maximum absolute atomic E-state index is 12.6. The second kappa shape index (κ2) is 8.66. The number of fused-ring (bicyclic) bond motifs is 1. The third-order valence-electron chi connectivity index (χ3n) is 5.03. The molecular formula is C23H26O3S. The van der Waals surface area contributed by atoms with E-state index in [9.17, 15) is 9.00 Å². The lowest BCUT2D eigenvalue weighted by Gasteiger charge is -2.23. The van der Waals surface area contributed by atoms with Gasteiger partial charge in [0, 0.05) is 10.1 Å². The summed E-state index contributed by atoms with van der Waals surface area (Å²) in [5.41, 5.74) is 5.10. The van der Waals surface area contributed by atoms with Crippen molar-refractivity contribution in [3.8, 4) is 0 Å². The van der Waals surface area contributed by atoms with E-state index in [-0.39, 0.29) is 11.2 Å². The zero-order valence-electron chi connectivity index (χ0n) is 16.2. The standard InChI is InChI=1S/C23H26O3S/c1-4-21-12-10-20-15-19(11-13-22(20)27(21)25)16(3)14-17-6-8-18(9-7-17)23(24)26-5-2/h6-9,11,13-15,21H,4-5,10,12H2,1-3H3/b16-14+/t21-,27-/m1/s1. The second-order valence-corrected chi connectivity index (χ2v) is 8.56. The molecule has 0 aromatic heterocycles. The van der Waals surface area contributed by atoms with E-state index in [0.717, 1.165) is 40.9 Å². The van der Waals surface area contributed by atoms with Gasteiger partial charge in [0.25, 0.3) is 0 Å². The van der Waals surface area contributed by atoms with E-state index < -0.39 is 10.8 Å². The molecule has 0 amide bonds. The van der Waals surface area contributed by atoms with Crippen LogP contribution in [0.1, 0.15) is 60.7 Å². The number of carbonyl (C=O) groups excluding carboxylic acids is 1. The second-order valence-electron chi connectivity index (χ2n) is 6.86. The summed E-state index contributed by atoms with van der Waals surface area (Å²) < 4.78 is 17.6. The highest BCUT2D eigenvalue weighted by molar-refractivity contribution is 7.85. The average molecular weight is 383 g/mol. The van der Waals surface area contributed by atoms with Gasteiger partial charge in [0.2, 0.25) is 0 Å². The predicted octanol–water partition coefficient (Wildman–Crippen LogP) is 5.26. The molecule has 3 nitrogen and oxygen atoms in total. The number of carbonyl (C=O) groups is 1. The smallest absolute Gasteiger partial charge is 0.338 e. The molecule has 0 radical (unpaired) electrons. The Morgan fingerprint density at radius 3 is 2.52 bits per heavy atom. The number of aryl methyl sites for hydroxylation is 1. The van der Waals surface area contributed by atoms with E-state index >= 15 is 0 Å². The lowest BCUT2D eigenvalue weighted by atomic mass is 9.98. The summed E-state index contributed by atoms with van der Waals surface area (Å²) in [6.07, 6.45) is 5.06. The molecular weight excluding hydrogens is 356 g/mol. The monoisotopic (exact) mass is 382 g/mol. The zero-order chi connectivity index (χ0) is 19.4. The third-order valence-corrected chi connectivity index (χ3v) is 7.04. The van der Waals surface area contributed by atoms with Crippen molar-refractivity contribution in [1.82, 2.24) is 0 Å². The van der Waals surface area contributed by atoms with Gasteiger partial charge in [0.1, 0.15) is 0 Å². The summed E-state index contributed by atoms with van der Waals surface area (Å²) in [5, 5.41) is 0.290. The van der Waals surface area contributed by atoms with E-state index in [0.29, 0.717) is 12.2 Å². The molecule has 2 atom stereocenters. The number of hydrogen-bond donors (Lipinski definition) is 0. The third kappa shape index (κ3) is 4.38. The van der Waals surface area contributed by atoms with Crippen LogP contribution in [0.2, 0.25) is 0 Å². The first kappa shape index (κ1) is 19.6. The van der Waals surface area contributed by atoms with Crippen molar-refractivity contribution < 1.29 is 13.7 Å². The Labute approximate surface area is 163 Å². The van der Waals surface area contributed by atoms with Crippen LogP contribution in [-0.4, -0.2) is 22.0 Å². The average Bonchev–Trinajstić information content (AvgIpc) is 2.68. The number of benzene rings is 2. The molecule has 0 unspecified atom stereocenters. The lowest BCUT2D eigenvalue weighted by Crippen LogP contribution is -2.21. The predicted molar refractivity (Wildman–Crippen MR) is 111 cm³/mol. The summed E-state index contributed by atoms with van der Waals surface area (Å²) in [7, 11) is -0.885. The minimum absolute atomic E-state index is 0.290. The van der Waals surface area contributed by atoms with Gasteiger partial charge in [-0.15, -0.1) is 0 Å². The Kier molecular flexibility index (Phi) is 6.27. The van der Waals surface area contributed by atoms with Crippen LogP contribution >= 0.6 is 0 Å². The number of ether oxygens (including phenoxy) is 1. The first-order valence-corrected chi connectivity index (χ1v) is 10.7. The molecule has 0 fully saturated rings. The van der Waals surface area contributed by atoms with Gasteiger partial charge in [-0.2, -0.15) is 0 Å². The van der Waals surface area contributed by atoms with E-state index in [1.54, 1.807) is 19.1 Å². The van der Waals surface area contributed by atoms with Crippen LogP contribution in [0.25, 0.3) is 11.6 Å². The van der Waals surface area contributed by atoms with Crippen molar-refractivity contribution >= 4 is 28.4 Å². The molecule has 0 N–H and O–H groups in total. The summed E-state index contributed by atoms with van der Waals surface area (Å²) in [5.74, 6) is -0.294. The van der Waals surface area contributed by atoms with E-state index in [1.807, 2.05) is 18.2 Å². The van der Waals surface area contributed by atoms with Gasteiger partial charge in [-0.05, 0) is 73.6 Å². The fourth-order valence-corrected chi connectivity index (χ4v) is 5.05. The topological polar surface area (TPSA) is 43.4 Å². The number of hydrogen-bond acceptors (Lipinski definition) is 3. The molecule has 0 spiro atoms. The normalized spacial score (nSPS) is 19.4. The molecule has 0 saturated heterocycles. The van der Waals surface area contributed by atoms with Crippen LogP contribution in [0.15, 0.2) is 47.4 Å². The van der Waals surface area contributed by atoms with Gasteiger partial charge in [-0.1, -0.05) is 37.3 Å². The largest absolute Gasteiger partial charge is 0.462 e. The maximum Gasteiger partial charge on any atom is 0.338 e. The Morgan fingerprint density at radius 1 is 1.15 bits per heavy atom. The van der Waals surface area contributed by atoms with E-state index in [1.165, 1.54) is 5.56 Å². The van der Waals surface area contributed by atoms with Crippen LogP contribution in [0.5, 0.6) is 0 Å². The van der Waals surface area contributed by atoms with Crippen LogP contribution in [0, 0.1) is 0 Å². The minimum atomic E-state index is -0.885. The van der Waals surface area contributed by atoms with E-state index in [4.69, 9.17) is 4.74 Å². The van der Waals surface area contributed by atoms with Gasteiger partial charge >= 0.3 is 5.97 Å². The molecule has 0 saturated carbocycles. The van der Waals surface area contributed by atoms with Gasteiger partial charge in [-0.3, -0.25) is 4.21 Å². The molecule has 2 aromatic carbocycles. The fourth-order valence-electron chi connectivity index (χ4n) is 3.44. The van der Waals surface area contributed by atoms with Crippen molar-refractivity contribution in [2.24, 2.45) is 0 Å². The van der Waals surface area contributed by atoms with Crippen molar-refractivity contribution in [3.63, 3.8) is 0 Å². The van der Waals surface area contributed by atoms with Gasteiger partial charge in [-0.25, -0.2) is 4.79 Å². The SMILES string of the molecule is CCOC(=O)c1ccc(/C=C(\C)c2ccc3c(c2)CC[C@@H](CC)[S@]3=O)cc1. The van der Waals surface area contributed by atoms with Crippen molar-refractivity contribution in [2.45, 2.75) is 50.2 Å². The molecule has 0 aliphatic carbocycles. The van der Waals surface area contributed by atoms with Crippen LogP contribution in [0.3, 0.4) is 0 Å². The van der Waals surface area contributed by atoms with Crippen molar-refractivity contribution in [2.75, 3.05) is 6.61 Å². The van der Waals surface area contributed by atoms with Crippen molar-refractivity contribution in [3.05, 3.63) is 64.7 Å². The van der Waals surface area contributed by atoms with Crippen LogP contribution in [0.4, 0.5) is 0 Å². The van der Waals surface area contributed by atoms with Gasteiger partial charge in [0.15, 0.2) is 0 Å². The number of rotatable bonds is 5. The Hall–Kier alpha value is -2.20. The van der Waals surface area contributed by atoms with Crippen LogP contribution < -0.4 is 0 Å². The van der Waals surface area contributed by atoms with Gasteiger partial charge < -0.3 is 4.74 Å². The molecule has 1 aliphatic rings. The lowest BCUT2D eigenvalue weighted by molar-refractivity contribution is 0.0526. The van der Waals surface area contributed by atoms with Crippen LogP contribution in [-0.2, 0) is 22.0 Å². The number of allylic oxidation sites excluding steroid dienone is 1. The molecule has 0 bridgehead atoms. The molecule has 4 heteroatoms. The molecule has 142 valence electrons. The maximum atomic E-state index is 12.6. The minimum Gasteiger partial charge on any atom is -0.462 e. The molecule has 3 rings (SSSR count). The Balaban J connectivity index is 1.81. The van der Waals surface area contributed by atoms with Crippen molar-refractivity contribution in [1.29, 1.82) is 0 Å². The first-order chi connectivity index (χ1) is 13.0. The Bertz CT molecular complexity index is 881. The first-order valence-electron chi connectivity index (χ1n) is 9.52. The molecule has 27 heavy (non-hydrogen) atoms. The highest BCUT2D eigenvalue weighted by Crippen LogP contribution is 2.31. The quantitative estimate of drug-likeness (QED) is 0.523. The zero-order valence-corrected chi connectivity index (χ0v) is 17.0. The van der Waals surface area contributed by atoms with Gasteiger partial charge in [0.05, 0.1) is 23.0 Å². The number of esters is 1. The molecule has 1 aliphatic heterocycles. The molecule has 1 heterocycles. The summed E-state index contributed by atoms with van der Waals surface area (Å²) in [4.78, 5) is 12.7. The highest BCUT2D eigenvalue weighted by Gasteiger charge is 2.24. The summed E-state index contributed by atoms with van der Waals surface area (Å²) in [6.45, 7) is 6.37.